The van der Waals surface area contributed by atoms with E-state index in [0.29, 0.717) is 10.8 Å². The molecule has 1 atom stereocenters. The molecule has 0 amide bonds. The second-order valence-electron chi connectivity index (χ2n) is 3.82. The number of hydrogen-bond acceptors (Lipinski definition) is 3. The fourth-order valence-corrected chi connectivity index (χ4v) is 3.66. The zero-order valence-corrected chi connectivity index (χ0v) is 12.4. The summed E-state index contributed by atoms with van der Waals surface area (Å²) in [5.74, 6) is 0.487. The Labute approximate surface area is 112 Å². The normalized spacial score (nSPS) is 13.9. The molecule has 0 aliphatic rings. The fourth-order valence-electron chi connectivity index (χ4n) is 1.21. The molecule has 1 aromatic rings. The lowest BCUT2D eigenvalue weighted by Gasteiger charge is -2.16. The molecule has 0 aliphatic carbocycles. The lowest BCUT2D eigenvalue weighted by atomic mass is 10.4. The van der Waals surface area contributed by atoms with Gasteiger partial charge in [0.15, 0.2) is 0 Å². The van der Waals surface area contributed by atoms with Gasteiger partial charge in [0.25, 0.3) is 0 Å². The van der Waals surface area contributed by atoms with Crippen molar-refractivity contribution < 1.29 is 8.42 Å². The summed E-state index contributed by atoms with van der Waals surface area (Å²) in [5, 5.41) is 0.176. The highest BCUT2D eigenvalue weighted by molar-refractivity contribution is 8.00. The molecule has 96 valence electrons. The smallest absolute Gasteiger partial charge is 0.207 e. The van der Waals surface area contributed by atoms with Crippen LogP contribution in [0.4, 0.5) is 0 Å². The van der Waals surface area contributed by atoms with E-state index in [2.05, 4.69) is 0 Å². The van der Waals surface area contributed by atoms with Crippen LogP contribution in [-0.4, -0.2) is 37.9 Å². The van der Waals surface area contributed by atoms with Crippen molar-refractivity contribution in [1.82, 2.24) is 4.31 Å². The van der Waals surface area contributed by atoms with Crippen LogP contribution >= 0.6 is 23.4 Å². The van der Waals surface area contributed by atoms with Gasteiger partial charge in [-0.1, -0.05) is 19.1 Å². The third kappa shape index (κ3) is 3.61. The molecular weight excluding hydrogens is 278 g/mol. The third-order valence-electron chi connectivity index (χ3n) is 2.15. The Bertz CT molecular complexity index is 474. The zero-order chi connectivity index (χ0) is 13.1. The van der Waals surface area contributed by atoms with Crippen molar-refractivity contribution in [3.8, 4) is 0 Å². The van der Waals surface area contributed by atoms with Gasteiger partial charge < -0.3 is 0 Å². The molecule has 0 bridgehead atoms. The van der Waals surface area contributed by atoms with Crippen LogP contribution in [0.15, 0.2) is 34.1 Å². The van der Waals surface area contributed by atoms with Gasteiger partial charge in [-0.25, -0.2) is 12.7 Å². The Morgan fingerprint density at radius 1 is 1.35 bits per heavy atom. The maximum absolute atomic E-state index is 12.1. The summed E-state index contributed by atoms with van der Waals surface area (Å²) in [6, 6.07) is 6.99. The van der Waals surface area contributed by atoms with E-state index < -0.39 is 10.0 Å². The highest BCUT2D eigenvalue weighted by Crippen LogP contribution is 2.31. The van der Waals surface area contributed by atoms with E-state index in [1.54, 1.807) is 12.1 Å². The van der Waals surface area contributed by atoms with Crippen molar-refractivity contribution in [1.29, 1.82) is 0 Å². The van der Waals surface area contributed by atoms with Crippen molar-refractivity contribution >= 4 is 33.4 Å². The largest absolute Gasteiger partial charge is 0.243 e. The van der Waals surface area contributed by atoms with Gasteiger partial charge in [0.05, 0.1) is 4.90 Å². The number of alkyl halides is 1. The molecule has 6 heteroatoms. The Hall–Kier alpha value is -0.230. The van der Waals surface area contributed by atoms with Gasteiger partial charge in [-0.3, -0.25) is 0 Å². The molecule has 3 nitrogen and oxygen atoms in total. The summed E-state index contributed by atoms with van der Waals surface area (Å²) in [4.78, 5) is 1.08. The molecular formula is C11H16ClNO2S2. The van der Waals surface area contributed by atoms with Gasteiger partial charge >= 0.3 is 0 Å². The van der Waals surface area contributed by atoms with E-state index in [-0.39, 0.29) is 5.25 Å². The van der Waals surface area contributed by atoms with Crippen LogP contribution in [0, 0.1) is 0 Å². The number of benzene rings is 1. The van der Waals surface area contributed by atoms with Gasteiger partial charge in [0.2, 0.25) is 10.0 Å². The molecule has 1 rings (SSSR count). The van der Waals surface area contributed by atoms with Gasteiger partial charge in [0.1, 0.15) is 0 Å². The Morgan fingerprint density at radius 3 is 2.47 bits per heavy atom. The number of rotatable bonds is 5. The lowest BCUT2D eigenvalue weighted by molar-refractivity contribution is 0.518. The van der Waals surface area contributed by atoms with Crippen LogP contribution < -0.4 is 0 Å². The summed E-state index contributed by atoms with van der Waals surface area (Å²) in [7, 11) is -0.333. The monoisotopic (exact) mass is 293 g/mol. The van der Waals surface area contributed by atoms with Crippen LogP contribution in [0.5, 0.6) is 0 Å². The average molecular weight is 294 g/mol. The first-order valence-electron chi connectivity index (χ1n) is 5.13. The van der Waals surface area contributed by atoms with Crippen molar-refractivity contribution in [2.75, 3.05) is 20.0 Å². The molecule has 0 spiro atoms. The van der Waals surface area contributed by atoms with Crippen molar-refractivity contribution in [2.24, 2.45) is 0 Å². The number of hydrogen-bond donors (Lipinski definition) is 0. The topological polar surface area (TPSA) is 37.4 Å². The van der Waals surface area contributed by atoms with Gasteiger partial charge in [-0.2, -0.15) is 0 Å². The number of thioether (sulfide) groups is 1. The second-order valence-corrected chi connectivity index (χ2v) is 7.73. The van der Waals surface area contributed by atoms with Gasteiger partial charge in [-0.15, -0.1) is 23.4 Å². The maximum Gasteiger partial charge on any atom is 0.243 e. The number of nitrogens with zero attached hydrogens (tertiary/aromatic N) is 1. The van der Waals surface area contributed by atoms with Crippen LogP contribution in [0.2, 0.25) is 0 Å². The predicted octanol–water partition coefficient (Wildman–Crippen LogP) is 2.66. The van der Waals surface area contributed by atoms with E-state index in [0.717, 1.165) is 4.90 Å². The first-order chi connectivity index (χ1) is 7.89. The summed E-state index contributed by atoms with van der Waals surface area (Å²) >= 11 is 7.23. The van der Waals surface area contributed by atoms with E-state index in [1.807, 2.05) is 19.1 Å². The minimum atomic E-state index is -3.39. The molecule has 1 aromatic carbocycles. The van der Waals surface area contributed by atoms with Crippen LogP contribution in [0.3, 0.4) is 0 Å². The molecule has 0 heterocycles. The first kappa shape index (κ1) is 14.8. The van der Waals surface area contributed by atoms with Gasteiger partial charge in [-0.05, 0) is 12.1 Å². The molecule has 0 fully saturated rings. The number of sulfonamides is 1. The molecule has 0 N–H and O–H groups in total. The predicted molar refractivity (Wildman–Crippen MR) is 73.4 cm³/mol. The molecule has 0 aromatic heterocycles. The molecule has 0 aliphatic heterocycles. The first-order valence-corrected chi connectivity index (χ1v) is 7.99. The zero-order valence-electron chi connectivity index (χ0n) is 10.1. The second kappa shape index (κ2) is 6.09. The highest BCUT2D eigenvalue weighted by Gasteiger charge is 2.21. The quantitative estimate of drug-likeness (QED) is 0.619. The minimum Gasteiger partial charge on any atom is -0.207 e. The SMILES string of the molecule is CC(CCl)Sc1ccccc1S(=O)(=O)N(C)C. The van der Waals surface area contributed by atoms with Crippen LogP contribution in [0.25, 0.3) is 0 Å². The van der Waals surface area contributed by atoms with Crippen molar-refractivity contribution in [3.05, 3.63) is 24.3 Å². The lowest BCUT2D eigenvalue weighted by Crippen LogP contribution is -2.23. The third-order valence-corrected chi connectivity index (χ3v) is 5.98. The molecule has 17 heavy (non-hydrogen) atoms. The van der Waals surface area contributed by atoms with Crippen molar-refractivity contribution in [3.63, 3.8) is 0 Å². The summed E-state index contributed by atoms with van der Waals surface area (Å²) in [5.41, 5.74) is 0. The maximum atomic E-state index is 12.1. The summed E-state index contributed by atoms with van der Waals surface area (Å²) < 4.78 is 25.4. The standard InChI is InChI=1S/C11H16ClNO2S2/c1-9(8-12)16-10-6-4-5-7-11(10)17(14,15)13(2)3/h4-7,9H,8H2,1-3H3. The molecule has 0 saturated carbocycles. The molecule has 0 radical (unpaired) electrons. The van der Waals surface area contributed by atoms with Gasteiger partial charge in [0, 0.05) is 30.1 Å². The Kier molecular flexibility index (Phi) is 5.31. The molecule has 0 saturated heterocycles. The van der Waals surface area contributed by atoms with E-state index in [1.165, 1.54) is 30.2 Å². The summed E-state index contributed by atoms with van der Waals surface area (Å²) in [6.45, 7) is 1.97. The van der Waals surface area contributed by atoms with Crippen molar-refractivity contribution in [2.45, 2.75) is 22.0 Å². The van der Waals surface area contributed by atoms with E-state index in [9.17, 15) is 8.42 Å². The molecule has 1 unspecified atom stereocenters. The fraction of sp³-hybridized carbons (Fsp3) is 0.455. The summed E-state index contributed by atoms with van der Waals surface area (Å²) in [6.07, 6.45) is 0. The Morgan fingerprint density at radius 2 is 1.94 bits per heavy atom. The van der Waals surface area contributed by atoms with Crippen LogP contribution in [0.1, 0.15) is 6.92 Å². The van der Waals surface area contributed by atoms with Crippen LogP contribution in [-0.2, 0) is 10.0 Å². The van der Waals surface area contributed by atoms with E-state index in [4.69, 9.17) is 11.6 Å². The Balaban J connectivity index is 3.17. The number of halogens is 1. The average Bonchev–Trinajstić information content (AvgIpc) is 2.29. The van der Waals surface area contributed by atoms with E-state index >= 15 is 0 Å². The highest BCUT2D eigenvalue weighted by atomic mass is 35.5. The minimum absolute atomic E-state index is 0.176.